The average Bonchev–Trinajstić information content (AvgIpc) is 2.80. The van der Waals surface area contributed by atoms with Gasteiger partial charge in [0, 0.05) is 24.3 Å². The molecule has 0 radical (unpaired) electrons. The van der Waals surface area contributed by atoms with Gasteiger partial charge >= 0.3 is 0 Å². The normalized spacial score (nSPS) is 20.8. The second-order valence-electron chi connectivity index (χ2n) is 4.66. The van der Waals surface area contributed by atoms with Crippen molar-refractivity contribution in [2.45, 2.75) is 38.5 Å². The number of hydrogen-bond acceptors (Lipinski definition) is 4. The van der Waals surface area contributed by atoms with Gasteiger partial charge in [0.05, 0.1) is 0 Å². The van der Waals surface area contributed by atoms with Gasteiger partial charge in [0.2, 0.25) is 0 Å². The second kappa shape index (κ2) is 4.37. The number of anilines is 1. The molecular formula is C12H18N4. The first-order valence-electron chi connectivity index (χ1n) is 6.28. The van der Waals surface area contributed by atoms with Crippen LogP contribution in [0.3, 0.4) is 0 Å². The number of hydrogen-bond donors (Lipinski definition) is 1. The Kier molecular flexibility index (Phi) is 2.74. The fraction of sp³-hybridized carbons (Fsp3) is 0.667. The number of aromatic nitrogens is 2. The molecule has 2 aliphatic rings. The number of hydrazine groups is 1. The molecule has 1 aromatic rings. The Bertz CT molecular complexity index is 371. The zero-order valence-electron chi connectivity index (χ0n) is 9.58. The van der Waals surface area contributed by atoms with Crippen molar-refractivity contribution < 1.29 is 0 Å². The SMILES string of the molecule is c1nc2c(c(NN3CCCCC3)n1)CCC2. The third-order valence-corrected chi connectivity index (χ3v) is 3.50. The molecule has 4 heteroatoms. The van der Waals surface area contributed by atoms with Crippen LogP contribution >= 0.6 is 0 Å². The van der Waals surface area contributed by atoms with Crippen molar-refractivity contribution >= 4 is 5.82 Å². The van der Waals surface area contributed by atoms with Gasteiger partial charge in [-0.15, -0.1) is 0 Å². The molecule has 2 heterocycles. The molecule has 0 spiro atoms. The number of aryl methyl sites for hydroxylation is 1. The van der Waals surface area contributed by atoms with E-state index in [-0.39, 0.29) is 0 Å². The monoisotopic (exact) mass is 218 g/mol. The Morgan fingerprint density at radius 3 is 2.75 bits per heavy atom. The molecule has 1 aromatic heterocycles. The maximum atomic E-state index is 4.38. The first-order valence-corrected chi connectivity index (χ1v) is 6.28. The van der Waals surface area contributed by atoms with Crippen LogP contribution in [0.15, 0.2) is 6.33 Å². The summed E-state index contributed by atoms with van der Waals surface area (Å²) in [5, 5.41) is 2.30. The van der Waals surface area contributed by atoms with Crippen LogP contribution in [0.25, 0.3) is 0 Å². The minimum absolute atomic E-state index is 1.05. The van der Waals surface area contributed by atoms with Crippen molar-refractivity contribution in [2.75, 3.05) is 18.5 Å². The van der Waals surface area contributed by atoms with Crippen molar-refractivity contribution in [1.29, 1.82) is 0 Å². The molecular weight excluding hydrogens is 200 g/mol. The summed E-state index contributed by atoms with van der Waals surface area (Å²) in [5.41, 5.74) is 6.05. The Labute approximate surface area is 96.1 Å². The fourth-order valence-electron chi connectivity index (χ4n) is 2.61. The van der Waals surface area contributed by atoms with E-state index in [1.165, 1.54) is 36.9 Å². The predicted octanol–water partition coefficient (Wildman–Crippen LogP) is 1.78. The minimum atomic E-state index is 1.05. The molecule has 0 unspecified atom stereocenters. The van der Waals surface area contributed by atoms with E-state index in [2.05, 4.69) is 20.4 Å². The van der Waals surface area contributed by atoms with E-state index in [0.717, 1.165) is 31.7 Å². The zero-order chi connectivity index (χ0) is 10.8. The van der Waals surface area contributed by atoms with E-state index in [1.807, 2.05) is 0 Å². The van der Waals surface area contributed by atoms with Crippen LogP contribution in [0.2, 0.25) is 0 Å². The number of nitrogens with one attached hydrogen (secondary N) is 1. The molecule has 1 aliphatic carbocycles. The molecule has 0 aromatic carbocycles. The lowest BCUT2D eigenvalue weighted by atomic mass is 10.2. The molecule has 0 amide bonds. The van der Waals surface area contributed by atoms with Gasteiger partial charge in [0.15, 0.2) is 0 Å². The molecule has 4 nitrogen and oxygen atoms in total. The van der Waals surface area contributed by atoms with Crippen molar-refractivity contribution in [1.82, 2.24) is 15.0 Å². The molecule has 1 aliphatic heterocycles. The number of nitrogens with zero attached hydrogens (tertiary/aromatic N) is 3. The molecule has 3 rings (SSSR count). The van der Waals surface area contributed by atoms with Gasteiger partial charge in [-0.2, -0.15) is 0 Å². The third kappa shape index (κ3) is 1.89. The minimum Gasteiger partial charge on any atom is -0.303 e. The molecule has 1 N–H and O–H groups in total. The Morgan fingerprint density at radius 1 is 1.00 bits per heavy atom. The van der Waals surface area contributed by atoms with Gasteiger partial charge in [-0.25, -0.2) is 15.0 Å². The number of piperidine rings is 1. The lowest BCUT2D eigenvalue weighted by Gasteiger charge is -2.28. The first kappa shape index (κ1) is 10.0. The Morgan fingerprint density at radius 2 is 1.88 bits per heavy atom. The van der Waals surface area contributed by atoms with Crippen molar-refractivity contribution in [3.05, 3.63) is 17.6 Å². The quantitative estimate of drug-likeness (QED) is 0.821. The van der Waals surface area contributed by atoms with Gasteiger partial charge < -0.3 is 5.43 Å². The van der Waals surface area contributed by atoms with Crippen molar-refractivity contribution in [3.63, 3.8) is 0 Å². The van der Waals surface area contributed by atoms with Gasteiger partial charge in [0.25, 0.3) is 0 Å². The van der Waals surface area contributed by atoms with Crippen molar-refractivity contribution in [2.24, 2.45) is 0 Å². The zero-order valence-corrected chi connectivity index (χ0v) is 9.58. The van der Waals surface area contributed by atoms with Crippen molar-refractivity contribution in [3.8, 4) is 0 Å². The highest BCUT2D eigenvalue weighted by Crippen LogP contribution is 2.25. The molecule has 0 saturated carbocycles. The number of rotatable bonds is 2. The topological polar surface area (TPSA) is 41.1 Å². The van der Waals surface area contributed by atoms with Crippen LogP contribution in [0.5, 0.6) is 0 Å². The summed E-state index contributed by atoms with van der Waals surface area (Å²) in [6.07, 6.45) is 9.11. The van der Waals surface area contributed by atoms with Gasteiger partial charge in [-0.1, -0.05) is 6.42 Å². The Balaban J connectivity index is 1.76. The summed E-state index contributed by atoms with van der Waals surface area (Å²) in [6, 6.07) is 0. The molecule has 0 bridgehead atoms. The molecule has 1 fully saturated rings. The largest absolute Gasteiger partial charge is 0.303 e. The average molecular weight is 218 g/mol. The molecule has 0 atom stereocenters. The lowest BCUT2D eigenvalue weighted by Crippen LogP contribution is -2.35. The summed E-state index contributed by atoms with van der Waals surface area (Å²) in [4.78, 5) is 8.72. The summed E-state index contributed by atoms with van der Waals surface area (Å²) in [6.45, 7) is 2.28. The maximum Gasteiger partial charge on any atom is 0.147 e. The standard InChI is InChI=1S/C12H18N4/c1-2-7-16(8-3-1)15-12-10-5-4-6-11(10)13-9-14-12/h9H,1-8H2,(H,13,14,15). The highest BCUT2D eigenvalue weighted by Gasteiger charge is 2.19. The van der Waals surface area contributed by atoms with E-state index in [0.29, 0.717) is 0 Å². The summed E-state index contributed by atoms with van der Waals surface area (Å²) in [7, 11) is 0. The van der Waals surface area contributed by atoms with Crippen LogP contribution < -0.4 is 5.43 Å². The fourth-order valence-corrected chi connectivity index (χ4v) is 2.61. The predicted molar refractivity (Wildman–Crippen MR) is 63.1 cm³/mol. The van der Waals surface area contributed by atoms with E-state index in [4.69, 9.17) is 0 Å². The molecule has 16 heavy (non-hydrogen) atoms. The summed E-state index contributed by atoms with van der Waals surface area (Å²) < 4.78 is 0. The first-order chi connectivity index (χ1) is 7.93. The highest BCUT2D eigenvalue weighted by atomic mass is 15.5. The number of fused-ring (bicyclic) bond motifs is 1. The maximum absolute atomic E-state index is 4.38. The van der Waals surface area contributed by atoms with Gasteiger partial charge in [0.1, 0.15) is 12.1 Å². The molecule has 86 valence electrons. The van der Waals surface area contributed by atoms with E-state index in [1.54, 1.807) is 6.33 Å². The molecule has 1 saturated heterocycles. The van der Waals surface area contributed by atoms with Gasteiger partial charge in [-0.05, 0) is 32.1 Å². The van der Waals surface area contributed by atoms with E-state index < -0.39 is 0 Å². The summed E-state index contributed by atoms with van der Waals surface area (Å²) in [5.74, 6) is 1.05. The second-order valence-corrected chi connectivity index (χ2v) is 4.66. The van der Waals surface area contributed by atoms with Gasteiger partial charge in [-0.3, -0.25) is 0 Å². The van der Waals surface area contributed by atoms with E-state index in [9.17, 15) is 0 Å². The lowest BCUT2D eigenvalue weighted by molar-refractivity contribution is 0.272. The van der Waals surface area contributed by atoms with Crippen LogP contribution in [-0.2, 0) is 12.8 Å². The van der Waals surface area contributed by atoms with Crippen LogP contribution in [0.4, 0.5) is 5.82 Å². The highest BCUT2D eigenvalue weighted by molar-refractivity contribution is 5.47. The summed E-state index contributed by atoms with van der Waals surface area (Å²) >= 11 is 0. The van der Waals surface area contributed by atoms with Crippen LogP contribution in [0.1, 0.15) is 36.9 Å². The van der Waals surface area contributed by atoms with E-state index >= 15 is 0 Å². The Hall–Kier alpha value is -1.16. The third-order valence-electron chi connectivity index (χ3n) is 3.50. The van der Waals surface area contributed by atoms with Crippen LogP contribution in [-0.4, -0.2) is 28.1 Å². The smallest absolute Gasteiger partial charge is 0.147 e. The van der Waals surface area contributed by atoms with Crippen LogP contribution in [0, 0.1) is 0 Å².